The lowest BCUT2D eigenvalue weighted by atomic mass is 10.2. The molecule has 1 fully saturated rings. The Morgan fingerprint density at radius 3 is 2.77 bits per heavy atom. The number of aromatic nitrogens is 3. The Bertz CT molecular complexity index is 769. The average molecular weight is 375 g/mol. The number of carbonyl (C=O) groups excluding carboxylic acids is 2. The van der Waals surface area contributed by atoms with Crippen molar-refractivity contribution in [1.29, 1.82) is 0 Å². The summed E-state index contributed by atoms with van der Waals surface area (Å²) in [5.41, 5.74) is 0.479. The van der Waals surface area contributed by atoms with Gasteiger partial charge in [0.2, 0.25) is 5.91 Å². The Morgan fingerprint density at radius 1 is 1.31 bits per heavy atom. The molecule has 140 valence electrons. The first kappa shape index (κ1) is 18.6. The molecule has 3 rings (SSSR count). The highest BCUT2D eigenvalue weighted by atomic mass is 32.1. The molecule has 1 aliphatic rings. The van der Waals surface area contributed by atoms with Crippen molar-refractivity contribution >= 4 is 23.2 Å². The van der Waals surface area contributed by atoms with E-state index in [0.29, 0.717) is 18.7 Å². The molecular weight excluding hydrogens is 350 g/mol. The first-order chi connectivity index (χ1) is 12.5. The lowest BCUT2D eigenvalue weighted by Crippen LogP contribution is -2.37. The number of thiazole rings is 1. The van der Waals surface area contributed by atoms with E-state index in [4.69, 9.17) is 0 Å². The van der Waals surface area contributed by atoms with Crippen LogP contribution in [0.4, 0.5) is 0 Å². The van der Waals surface area contributed by atoms with Crippen molar-refractivity contribution in [3.8, 4) is 0 Å². The molecule has 2 aromatic rings. The van der Waals surface area contributed by atoms with Crippen LogP contribution in [0.3, 0.4) is 0 Å². The third kappa shape index (κ3) is 4.69. The summed E-state index contributed by atoms with van der Waals surface area (Å²) in [4.78, 5) is 32.9. The number of hydrogen-bond donors (Lipinski definition) is 2. The summed E-state index contributed by atoms with van der Waals surface area (Å²) in [6, 6.07) is 0.216. The Balaban J connectivity index is 1.41. The molecule has 2 aromatic heterocycles. The highest BCUT2D eigenvalue weighted by molar-refractivity contribution is 7.09. The molecule has 2 atom stereocenters. The summed E-state index contributed by atoms with van der Waals surface area (Å²) in [5, 5.41) is 8.77. The van der Waals surface area contributed by atoms with Crippen molar-refractivity contribution in [3.63, 3.8) is 0 Å². The topological polar surface area (TPSA) is 88.9 Å². The minimum Gasteiger partial charge on any atom is -0.353 e. The molecule has 2 amide bonds. The van der Waals surface area contributed by atoms with Crippen LogP contribution in [0.1, 0.15) is 53.9 Å². The zero-order valence-electron chi connectivity index (χ0n) is 15.2. The van der Waals surface area contributed by atoms with Crippen LogP contribution in [0.5, 0.6) is 0 Å². The zero-order valence-corrected chi connectivity index (χ0v) is 16.0. The third-order valence-electron chi connectivity index (χ3n) is 4.68. The second-order valence-electron chi connectivity index (χ2n) is 6.64. The maximum atomic E-state index is 12.2. The SMILES string of the molecule is CCc1nccn1CCC(=O)N[C@H]1CC[C@@H](NC(=O)c2csc(C)n2)C1. The Labute approximate surface area is 157 Å². The summed E-state index contributed by atoms with van der Waals surface area (Å²) in [6.07, 6.45) is 7.51. The summed E-state index contributed by atoms with van der Waals surface area (Å²) >= 11 is 1.47. The number of aryl methyl sites for hydroxylation is 3. The van der Waals surface area contributed by atoms with E-state index in [2.05, 4.69) is 27.5 Å². The summed E-state index contributed by atoms with van der Waals surface area (Å²) < 4.78 is 2.02. The van der Waals surface area contributed by atoms with Gasteiger partial charge in [0.1, 0.15) is 11.5 Å². The van der Waals surface area contributed by atoms with Gasteiger partial charge in [0.15, 0.2) is 0 Å². The summed E-state index contributed by atoms with van der Waals surface area (Å²) in [5.74, 6) is 0.921. The monoisotopic (exact) mass is 375 g/mol. The number of hydrogen-bond acceptors (Lipinski definition) is 5. The largest absolute Gasteiger partial charge is 0.353 e. The van der Waals surface area contributed by atoms with Gasteiger partial charge in [0, 0.05) is 49.2 Å². The number of imidazole rings is 1. The Morgan fingerprint density at radius 2 is 2.08 bits per heavy atom. The fraction of sp³-hybridized carbons (Fsp3) is 0.556. The van der Waals surface area contributed by atoms with Gasteiger partial charge >= 0.3 is 0 Å². The number of nitrogens with zero attached hydrogens (tertiary/aromatic N) is 3. The molecule has 7 nitrogen and oxygen atoms in total. The molecule has 1 saturated carbocycles. The Hall–Kier alpha value is -2.22. The van der Waals surface area contributed by atoms with Gasteiger partial charge in [-0.1, -0.05) is 6.92 Å². The molecular formula is C18H25N5O2S. The average Bonchev–Trinajstić information content (AvgIpc) is 3.34. The maximum Gasteiger partial charge on any atom is 0.270 e. The van der Waals surface area contributed by atoms with Crippen LogP contribution < -0.4 is 10.6 Å². The number of carbonyl (C=O) groups is 2. The molecule has 26 heavy (non-hydrogen) atoms. The van der Waals surface area contributed by atoms with Gasteiger partial charge in [0.05, 0.1) is 5.01 Å². The molecule has 0 saturated heterocycles. The molecule has 0 bridgehead atoms. The molecule has 1 aliphatic carbocycles. The smallest absolute Gasteiger partial charge is 0.270 e. The van der Waals surface area contributed by atoms with E-state index in [-0.39, 0.29) is 23.9 Å². The third-order valence-corrected chi connectivity index (χ3v) is 5.46. The first-order valence-electron chi connectivity index (χ1n) is 9.07. The standard InChI is InChI=1S/C18H25N5O2S/c1-3-16-19-7-9-23(16)8-6-17(24)21-13-4-5-14(10-13)22-18(25)15-11-26-12(2)20-15/h7,9,11,13-14H,3-6,8,10H2,1-2H3,(H,21,24)(H,22,25)/t13-,14+/m0/s1. The van der Waals surface area contributed by atoms with Crippen molar-refractivity contribution < 1.29 is 9.59 Å². The van der Waals surface area contributed by atoms with Crippen LogP contribution in [0.15, 0.2) is 17.8 Å². The highest BCUT2D eigenvalue weighted by Gasteiger charge is 2.27. The summed E-state index contributed by atoms with van der Waals surface area (Å²) in [6.45, 7) is 4.58. The van der Waals surface area contributed by atoms with E-state index in [9.17, 15) is 9.59 Å². The number of nitrogens with one attached hydrogen (secondary N) is 2. The van der Waals surface area contributed by atoms with Crippen molar-refractivity contribution in [2.24, 2.45) is 0 Å². The van der Waals surface area contributed by atoms with Crippen molar-refractivity contribution in [1.82, 2.24) is 25.2 Å². The molecule has 0 unspecified atom stereocenters. The second-order valence-corrected chi connectivity index (χ2v) is 7.70. The van der Waals surface area contributed by atoms with Crippen LogP contribution >= 0.6 is 11.3 Å². The minimum atomic E-state index is -0.126. The van der Waals surface area contributed by atoms with Gasteiger partial charge in [-0.2, -0.15) is 0 Å². The van der Waals surface area contributed by atoms with Crippen molar-refractivity contribution in [2.75, 3.05) is 0 Å². The quantitative estimate of drug-likeness (QED) is 0.775. The predicted molar refractivity (Wildman–Crippen MR) is 100 cm³/mol. The lowest BCUT2D eigenvalue weighted by molar-refractivity contribution is -0.122. The minimum absolute atomic E-state index is 0.0489. The van der Waals surface area contributed by atoms with Crippen molar-refractivity contribution in [3.05, 3.63) is 34.3 Å². The molecule has 0 aromatic carbocycles. The fourth-order valence-corrected chi connectivity index (χ4v) is 3.94. The van der Waals surface area contributed by atoms with Crippen LogP contribution in [-0.2, 0) is 17.8 Å². The van der Waals surface area contributed by atoms with E-state index >= 15 is 0 Å². The van der Waals surface area contributed by atoms with E-state index in [1.165, 1.54) is 11.3 Å². The number of rotatable bonds is 7. The predicted octanol–water partition coefficient (Wildman–Crippen LogP) is 2.07. The molecule has 2 N–H and O–H groups in total. The van der Waals surface area contributed by atoms with Gasteiger partial charge in [-0.3, -0.25) is 9.59 Å². The van der Waals surface area contributed by atoms with Gasteiger partial charge < -0.3 is 15.2 Å². The Kier molecular flexibility index (Phi) is 6.03. The van der Waals surface area contributed by atoms with E-state index < -0.39 is 0 Å². The van der Waals surface area contributed by atoms with Crippen LogP contribution in [-0.4, -0.2) is 38.4 Å². The number of amides is 2. The van der Waals surface area contributed by atoms with Gasteiger partial charge in [-0.25, -0.2) is 9.97 Å². The van der Waals surface area contributed by atoms with E-state index in [0.717, 1.165) is 36.5 Å². The fourth-order valence-electron chi connectivity index (χ4n) is 3.35. The molecule has 8 heteroatoms. The van der Waals surface area contributed by atoms with Crippen LogP contribution in [0.2, 0.25) is 0 Å². The maximum absolute atomic E-state index is 12.2. The van der Waals surface area contributed by atoms with Gasteiger partial charge in [-0.05, 0) is 26.2 Å². The molecule has 2 heterocycles. The van der Waals surface area contributed by atoms with E-state index in [1.807, 2.05) is 17.7 Å². The van der Waals surface area contributed by atoms with Gasteiger partial charge in [-0.15, -0.1) is 11.3 Å². The van der Waals surface area contributed by atoms with Crippen LogP contribution in [0.25, 0.3) is 0 Å². The summed E-state index contributed by atoms with van der Waals surface area (Å²) in [7, 11) is 0. The van der Waals surface area contributed by atoms with Crippen molar-refractivity contribution in [2.45, 2.75) is 64.6 Å². The zero-order chi connectivity index (χ0) is 18.5. The normalized spacial score (nSPS) is 19.5. The first-order valence-corrected chi connectivity index (χ1v) is 9.95. The lowest BCUT2D eigenvalue weighted by Gasteiger charge is -2.15. The molecule has 0 radical (unpaired) electrons. The van der Waals surface area contributed by atoms with Crippen LogP contribution in [0, 0.1) is 6.92 Å². The second kappa shape index (κ2) is 8.44. The van der Waals surface area contributed by atoms with Gasteiger partial charge in [0.25, 0.3) is 5.91 Å². The van der Waals surface area contributed by atoms with E-state index in [1.54, 1.807) is 11.6 Å². The molecule has 0 spiro atoms. The highest BCUT2D eigenvalue weighted by Crippen LogP contribution is 2.20. The molecule has 0 aliphatic heterocycles.